The van der Waals surface area contributed by atoms with Crippen molar-refractivity contribution in [2.24, 2.45) is 0 Å². The van der Waals surface area contributed by atoms with Crippen LogP contribution in [0.25, 0.3) is 27.2 Å². The van der Waals surface area contributed by atoms with E-state index in [9.17, 15) is 9.90 Å². The van der Waals surface area contributed by atoms with Crippen molar-refractivity contribution in [2.45, 2.75) is 32.3 Å². The summed E-state index contributed by atoms with van der Waals surface area (Å²) in [4.78, 5) is 17.7. The van der Waals surface area contributed by atoms with Crippen LogP contribution in [0.4, 0.5) is 0 Å². The number of fused-ring (bicyclic) bond motifs is 3. The third-order valence-corrected chi connectivity index (χ3v) is 6.33. The Morgan fingerprint density at radius 2 is 2.00 bits per heavy atom. The van der Waals surface area contributed by atoms with E-state index in [4.69, 9.17) is 4.74 Å². The second-order valence-electron chi connectivity index (χ2n) is 8.17. The molecule has 0 radical (unpaired) electrons. The Labute approximate surface area is 193 Å². The van der Waals surface area contributed by atoms with Crippen molar-refractivity contribution in [3.8, 4) is 5.75 Å². The van der Waals surface area contributed by atoms with E-state index in [-0.39, 0.29) is 12.0 Å². The average molecular weight is 491 g/mol. The average Bonchev–Trinajstić information content (AvgIpc) is 3.09. The van der Waals surface area contributed by atoms with E-state index in [0.29, 0.717) is 29.5 Å². The van der Waals surface area contributed by atoms with Gasteiger partial charge in [0.05, 0.1) is 22.5 Å². The van der Waals surface area contributed by atoms with Crippen LogP contribution in [0, 0.1) is 0 Å². The number of hydrogen-bond acceptors (Lipinski definition) is 4. The number of benzene rings is 2. The fourth-order valence-electron chi connectivity index (χ4n) is 4.36. The van der Waals surface area contributed by atoms with Gasteiger partial charge in [-0.1, -0.05) is 35.3 Å². The van der Waals surface area contributed by atoms with Crippen LogP contribution >= 0.6 is 15.9 Å². The predicted molar refractivity (Wildman–Crippen MR) is 131 cm³/mol. The Kier molecular flexibility index (Phi) is 5.57. The predicted octanol–water partition coefficient (Wildman–Crippen LogP) is 5.33. The molecule has 3 aromatic heterocycles. The van der Waals surface area contributed by atoms with Gasteiger partial charge in [-0.3, -0.25) is 9.78 Å². The monoisotopic (exact) mass is 490 g/mol. The summed E-state index contributed by atoms with van der Waals surface area (Å²) < 4.78 is 9.01. The van der Waals surface area contributed by atoms with Gasteiger partial charge in [-0.05, 0) is 48.4 Å². The number of hydrogen-bond donors (Lipinski definition) is 1. The van der Waals surface area contributed by atoms with Crippen LogP contribution in [0.5, 0.6) is 5.75 Å². The molecule has 0 spiro atoms. The van der Waals surface area contributed by atoms with Gasteiger partial charge in [-0.25, -0.2) is 0 Å². The lowest BCUT2D eigenvalue weighted by Gasteiger charge is -2.13. The molecule has 0 aliphatic carbocycles. The van der Waals surface area contributed by atoms with Gasteiger partial charge in [0.25, 0.3) is 0 Å². The largest absolute Gasteiger partial charge is 0.491 e. The summed E-state index contributed by atoms with van der Waals surface area (Å²) in [5.41, 5.74) is 3.60. The summed E-state index contributed by atoms with van der Waals surface area (Å²) in [5, 5.41) is 12.7. The molecule has 6 heteroatoms. The summed E-state index contributed by atoms with van der Waals surface area (Å²) in [6.07, 6.45) is 7.01. The highest BCUT2D eigenvalue weighted by molar-refractivity contribution is 9.10. The van der Waals surface area contributed by atoms with Gasteiger partial charge in [-0.2, -0.15) is 0 Å². The minimum Gasteiger partial charge on any atom is -0.491 e. The molecule has 0 saturated carbocycles. The van der Waals surface area contributed by atoms with Gasteiger partial charge in [0, 0.05) is 45.8 Å². The van der Waals surface area contributed by atoms with Crippen molar-refractivity contribution in [3.63, 3.8) is 0 Å². The van der Waals surface area contributed by atoms with Crippen LogP contribution < -0.4 is 10.2 Å². The molecule has 0 aliphatic rings. The molecule has 162 valence electrons. The van der Waals surface area contributed by atoms with Gasteiger partial charge in [0.2, 0.25) is 0 Å². The molecule has 1 N–H and O–H groups in total. The van der Waals surface area contributed by atoms with E-state index < -0.39 is 6.10 Å². The summed E-state index contributed by atoms with van der Waals surface area (Å²) in [6, 6.07) is 13.8. The molecule has 0 bridgehead atoms. The minimum atomic E-state index is -0.528. The Morgan fingerprint density at radius 3 is 2.78 bits per heavy atom. The van der Waals surface area contributed by atoms with Crippen LogP contribution in [-0.2, 0) is 6.42 Å². The van der Waals surface area contributed by atoms with Crippen LogP contribution in [-0.4, -0.2) is 27.2 Å². The lowest BCUT2D eigenvalue weighted by Crippen LogP contribution is -2.17. The number of ether oxygens (including phenoxy) is 1. The topological polar surface area (TPSA) is 63.8 Å². The Morgan fingerprint density at radius 1 is 1.16 bits per heavy atom. The molecule has 0 amide bonds. The third-order valence-electron chi connectivity index (χ3n) is 5.84. The zero-order valence-electron chi connectivity index (χ0n) is 17.7. The highest BCUT2D eigenvalue weighted by Gasteiger charge is 2.18. The number of nitrogens with zero attached hydrogens (tertiary/aromatic N) is 2. The maximum absolute atomic E-state index is 13.5. The number of aromatic nitrogens is 2. The fraction of sp³-hybridized carbons (Fsp3) is 0.231. The van der Waals surface area contributed by atoms with Crippen molar-refractivity contribution in [1.29, 1.82) is 0 Å². The smallest absolute Gasteiger partial charge is 0.193 e. The second kappa shape index (κ2) is 8.52. The molecule has 32 heavy (non-hydrogen) atoms. The van der Waals surface area contributed by atoms with Gasteiger partial charge in [-0.15, -0.1) is 0 Å². The van der Waals surface area contributed by atoms with Crippen molar-refractivity contribution in [3.05, 3.63) is 86.9 Å². The maximum atomic E-state index is 13.5. The van der Waals surface area contributed by atoms with E-state index in [1.54, 1.807) is 12.4 Å². The quantitative estimate of drug-likeness (QED) is 0.334. The standard InChI is InChI=1S/C26H23BrN2O3/c1-2-4-19(30)15-32-20-11-22-21-10-18(27)6-7-24(21)29-14-17(9-16-5-3-8-28-13-16)26(31)23(12-20)25(22)29/h3,5-8,10-14,19,30H,2,4,9,15H2,1H3. The molecule has 2 aromatic carbocycles. The first kappa shape index (κ1) is 20.9. The van der Waals surface area contributed by atoms with Crippen molar-refractivity contribution in [1.82, 2.24) is 9.38 Å². The zero-order valence-corrected chi connectivity index (χ0v) is 19.3. The highest BCUT2D eigenvalue weighted by atomic mass is 79.9. The van der Waals surface area contributed by atoms with Crippen LogP contribution in [0.3, 0.4) is 0 Å². The summed E-state index contributed by atoms with van der Waals surface area (Å²) >= 11 is 3.57. The molecular weight excluding hydrogens is 468 g/mol. The lowest BCUT2D eigenvalue weighted by atomic mass is 10.0. The van der Waals surface area contributed by atoms with Gasteiger partial charge < -0.3 is 14.2 Å². The molecule has 3 heterocycles. The second-order valence-corrected chi connectivity index (χ2v) is 9.09. The van der Waals surface area contributed by atoms with Crippen LogP contribution in [0.1, 0.15) is 30.9 Å². The number of halogens is 1. The maximum Gasteiger partial charge on any atom is 0.193 e. The van der Waals surface area contributed by atoms with E-state index in [1.807, 2.05) is 43.5 Å². The normalized spacial score (nSPS) is 12.7. The number of pyridine rings is 2. The molecule has 0 fully saturated rings. The third kappa shape index (κ3) is 3.74. The highest BCUT2D eigenvalue weighted by Crippen LogP contribution is 2.35. The van der Waals surface area contributed by atoms with Crippen LogP contribution in [0.2, 0.25) is 0 Å². The van der Waals surface area contributed by atoms with Crippen molar-refractivity contribution < 1.29 is 9.84 Å². The number of rotatable bonds is 7. The minimum absolute atomic E-state index is 0.00668. The SMILES string of the molecule is CCCC(O)COc1cc2c(=O)c(Cc3cccnc3)cn3c4ccc(Br)cc4c(c1)c23. The van der Waals surface area contributed by atoms with E-state index in [1.165, 1.54) is 0 Å². The molecule has 5 aromatic rings. The number of aliphatic hydroxyl groups excluding tert-OH is 1. The Balaban J connectivity index is 1.72. The first-order valence-corrected chi connectivity index (χ1v) is 11.6. The van der Waals surface area contributed by atoms with Crippen molar-refractivity contribution in [2.75, 3.05) is 6.61 Å². The van der Waals surface area contributed by atoms with Crippen LogP contribution in [0.15, 0.2) is 70.3 Å². The molecule has 1 unspecified atom stereocenters. The molecule has 1 atom stereocenters. The van der Waals surface area contributed by atoms with Crippen molar-refractivity contribution >= 4 is 43.1 Å². The molecule has 5 rings (SSSR count). The summed E-state index contributed by atoms with van der Waals surface area (Å²) in [7, 11) is 0. The molecular formula is C26H23BrN2O3. The molecule has 0 aliphatic heterocycles. The van der Waals surface area contributed by atoms with Gasteiger partial charge >= 0.3 is 0 Å². The molecule has 0 saturated heterocycles. The summed E-state index contributed by atoms with van der Waals surface area (Å²) in [5.74, 6) is 0.595. The fourth-order valence-corrected chi connectivity index (χ4v) is 4.72. The lowest BCUT2D eigenvalue weighted by molar-refractivity contribution is 0.0995. The summed E-state index contributed by atoms with van der Waals surface area (Å²) in [6.45, 7) is 2.23. The number of aliphatic hydroxyl groups is 1. The van der Waals surface area contributed by atoms with E-state index in [2.05, 4.69) is 37.4 Å². The zero-order chi connectivity index (χ0) is 22.2. The molecule has 5 nitrogen and oxygen atoms in total. The van der Waals surface area contributed by atoms with E-state index in [0.717, 1.165) is 38.3 Å². The van der Waals surface area contributed by atoms with E-state index >= 15 is 0 Å². The Bertz CT molecular complexity index is 1460. The van der Waals surface area contributed by atoms with Gasteiger partial charge in [0.15, 0.2) is 5.43 Å². The Hall–Kier alpha value is -2.96. The first-order chi connectivity index (χ1) is 15.5. The van der Waals surface area contributed by atoms with Gasteiger partial charge in [0.1, 0.15) is 12.4 Å². The first-order valence-electron chi connectivity index (χ1n) is 10.8.